The Bertz CT molecular complexity index is 474. The lowest BCUT2D eigenvalue weighted by atomic mass is 10.2. The molecule has 0 bridgehead atoms. The number of rotatable bonds is 5. The fraction of sp³-hybridized carbons (Fsp3) is 0.429. The zero-order valence-electron chi connectivity index (χ0n) is 12.0. The van der Waals surface area contributed by atoms with Gasteiger partial charge in [-0.2, -0.15) is 0 Å². The number of aliphatic hydroxyl groups is 1. The van der Waals surface area contributed by atoms with Gasteiger partial charge in [-0.25, -0.2) is 0 Å². The van der Waals surface area contributed by atoms with Crippen molar-refractivity contribution in [2.24, 2.45) is 0 Å². The molecule has 3 N–H and O–H groups in total. The van der Waals surface area contributed by atoms with Crippen LogP contribution in [0.1, 0.15) is 5.56 Å². The van der Waals surface area contributed by atoms with Gasteiger partial charge in [-0.05, 0) is 32.6 Å². The fourth-order valence-corrected chi connectivity index (χ4v) is 1.67. The van der Waals surface area contributed by atoms with E-state index >= 15 is 0 Å². The number of carbonyl (C=O) groups is 2. The van der Waals surface area contributed by atoms with Gasteiger partial charge in [0, 0.05) is 18.8 Å². The number of nitrogens with zero attached hydrogens (tertiary/aromatic N) is 1. The second kappa shape index (κ2) is 7.62. The first-order valence-corrected chi connectivity index (χ1v) is 6.37. The molecule has 1 aromatic carbocycles. The monoisotopic (exact) mass is 279 g/mol. The molecule has 2 amide bonds. The van der Waals surface area contributed by atoms with Crippen molar-refractivity contribution < 1.29 is 14.7 Å². The molecule has 0 radical (unpaired) electrons. The van der Waals surface area contributed by atoms with Crippen LogP contribution in [0, 0.1) is 6.92 Å². The van der Waals surface area contributed by atoms with Crippen molar-refractivity contribution >= 4 is 17.5 Å². The molecule has 0 spiro atoms. The minimum atomic E-state index is -0.758. The molecule has 0 aromatic heterocycles. The molecule has 0 fully saturated rings. The van der Waals surface area contributed by atoms with Crippen molar-refractivity contribution in [3.63, 3.8) is 0 Å². The molecule has 0 heterocycles. The summed E-state index contributed by atoms with van der Waals surface area (Å²) >= 11 is 0. The van der Waals surface area contributed by atoms with Gasteiger partial charge < -0.3 is 20.6 Å². The van der Waals surface area contributed by atoms with Gasteiger partial charge in [0.2, 0.25) is 0 Å². The van der Waals surface area contributed by atoms with Crippen LogP contribution in [0.4, 0.5) is 5.69 Å². The molecule has 20 heavy (non-hydrogen) atoms. The second-order valence-electron chi connectivity index (χ2n) is 4.90. The number of anilines is 1. The SMILES string of the molecule is Cc1ccccc1NC(=O)C(=O)NCC(O)CN(C)C. The van der Waals surface area contributed by atoms with E-state index in [-0.39, 0.29) is 6.54 Å². The summed E-state index contributed by atoms with van der Waals surface area (Å²) in [4.78, 5) is 25.1. The van der Waals surface area contributed by atoms with E-state index in [1.54, 1.807) is 17.0 Å². The van der Waals surface area contributed by atoms with Gasteiger partial charge in [0.25, 0.3) is 0 Å². The smallest absolute Gasteiger partial charge is 0.313 e. The predicted molar refractivity (Wildman–Crippen MR) is 77.4 cm³/mol. The van der Waals surface area contributed by atoms with E-state index in [9.17, 15) is 14.7 Å². The summed E-state index contributed by atoms with van der Waals surface area (Å²) in [6.07, 6.45) is -0.708. The summed E-state index contributed by atoms with van der Waals surface area (Å²) in [5.74, 6) is -1.50. The first-order valence-electron chi connectivity index (χ1n) is 6.37. The number of benzene rings is 1. The molecule has 6 nitrogen and oxygen atoms in total. The number of amides is 2. The molecule has 0 aliphatic rings. The molecule has 0 saturated carbocycles. The highest BCUT2D eigenvalue weighted by atomic mass is 16.3. The molecular formula is C14H21N3O3. The lowest BCUT2D eigenvalue weighted by Gasteiger charge is -2.16. The van der Waals surface area contributed by atoms with Gasteiger partial charge >= 0.3 is 11.8 Å². The zero-order valence-corrected chi connectivity index (χ0v) is 12.0. The van der Waals surface area contributed by atoms with Crippen LogP contribution in [0.2, 0.25) is 0 Å². The molecule has 1 unspecified atom stereocenters. The van der Waals surface area contributed by atoms with E-state index < -0.39 is 17.9 Å². The van der Waals surface area contributed by atoms with E-state index in [4.69, 9.17) is 0 Å². The Labute approximate surface area is 118 Å². The van der Waals surface area contributed by atoms with Gasteiger partial charge in [0.15, 0.2) is 0 Å². The second-order valence-corrected chi connectivity index (χ2v) is 4.90. The molecule has 1 rings (SSSR count). The van der Waals surface area contributed by atoms with Crippen molar-refractivity contribution in [2.75, 3.05) is 32.5 Å². The third-order valence-corrected chi connectivity index (χ3v) is 2.67. The van der Waals surface area contributed by atoms with E-state index in [0.717, 1.165) is 5.56 Å². The van der Waals surface area contributed by atoms with E-state index in [1.165, 1.54) is 0 Å². The van der Waals surface area contributed by atoms with Crippen LogP contribution in [-0.4, -0.2) is 55.1 Å². The van der Waals surface area contributed by atoms with Crippen molar-refractivity contribution in [1.82, 2.24) is 10.2 Å². The number of nitrogens with one attached hydrogen (secondary N) is 2. The Balaban J connectivity index is 2.44. The number of para-hydroxylation sites is 1. The van der Waals surface area contributed by atoms with Crippen molar-refractivity contribution in [2.45, 2.75) is 13.0 Å². The van der Waals surface area contributed by atoms with Gasteiger partial charge in [-0.1, -0.05) is 18.2 Å². The molecule has 0 saturated heterocycles. The maximum atomic E-state index is 11.7. The summed E-state index contributed by atoms with van der Waals surface area (Å²) in [6.45, 7) is 2.30. The first kappa shape index (κ1) is 16.1. The van der Waals surface area contributed by atoms with Crippen LogP contribution in [0.3, 0.4) is 0 Å². The van der Waals surface area contributed by atoms with E-state index in [1.807, 2.05) is 33.2 Å². The molecule has 1 aromatic rings. The predicted octanol–water partition coefficient (Wildman–Crippen LogP) is -0.0278. The third-order valence-electron chi connectivity index (χ3n) is 2.67. The Kier molecular flexibility index (Phi) is 6.14. The average molecular weight is 279 g/mol. The van der Waals surface area contributed by atoms with Crippen LogP contribution in [0.15, 0.2) is 24.3 Å². The van der Waals surface area contributed by atoms with Crippen LogP contribution < -0.4 is 10.6 Å². The first-order chi connectivity index (χ1) is 9.40. The average Bonchev–Trinajstić information content (AvgIpc) is 2.37. The molecule has 6 heteroatoms. The zero-order chi connectivity index (χ0) is 15.1. The van der Waals surface area contributed by atoms with Crippen molar-refractivity contribution in [1.29, 1.82) is 0 Å². The van der Waals surface area contributed by atoms with Gasteiger partial charge in [0.05, 0.1) is 6.10 Å². The number of hydrogen-bond acceptors (Lipinski definition) is 4. The standard InChI is InChI=1S/C14H21N3O3/c1-10-6-4-5-7-12(10)16-14(20)13(19)15-8-11(18)9-17(2)3/h4-7,11,18H,8-9H2,1-3H3,(H,15,19)(H,16,20). The maximum absolute atomic E-state index is 11.7. The number of likely N-dealkylation sites (N-methyl/N-ethyl adjacent to an activating group) is 1. The lowest BCUT2D eigenvalue weighted by molar-refractivity contribution is -0.136. The summed E-state index contributed by atoms with van der Waals surface area (Å²) in [6, 6.07) is 7.19. The van der Waals surface area contributed by atoms with E-state index in [2.05, 4.69) is 10.6 Å². The topological polar surface area (TPSA) is 81.7 Å². The quantitative estimate of drug-likeness (QED) is 0.661. The van der Waals surface area contributed by atoms with Crippen molar-refractivity contribution in [3.05, 3.63) is 29.8 Å². The third kappa shape index (κ3) is 5.38. The van der Waals surface area contributed by atoms with Gasteiger partial charge in [-0.3, -0.25) is 9.59 Å². The van der Waals surface area contributed by atoms with Gasteiger partial charge in [-0.15, -0.1) is 0 Å². The summed E-state index contributed by atoms with van der Waals surface area (Å²) in [5.41, 5.74) is 1.47. The van der Waals surface area contributed by atoms with Crippen LogP contribution in [0.25, 0.3) is 0 Å². The molecule has 0 aliphatic heterocycles. The summed E-state index contributed by atoms with van der Waals surface area (Å²) < 4.78 is 0. The van der Waals surface area contributed by atoms with E-state index in [0.29, 0.717) is 12.2 Å². The largest absolute Gasteiger partial charge is 0.390 e. The summed E-state index contributed by atoms with van der Waals surface area (Å²) in [7, 11) is 3.63. The minimum Gasteiger partial charge on any atom is -0.390 e. The number of hydrogen-bond donors (Lipinski definition) is 3. The number of carbonyl (C=O) groups excluding carboxylic acids is 2. The van der Waals surface area contributed by atoms with Gasteiger partial charge in [0.1, 0.15) is 0 Å². The fourth-order valence-electron chi connectivity index (χ4n) is 1.67. The summed E-state index contributed by atoms with van der Waals surface area (Å²) in [5, 5.41) is 14.5. The Morgan fingerprint density at radius 1 is 1.25 bits per heavy atom. The highest BCUT2D eigenvalue weighted by Gasteiger charge is 2.15. The number of aryl methyl sites for hydroxylation is 1. The molecule has 1 atom stereocenters. The Morgan fingerprint density at radius 3 is 2.50 bits per heavy atom. The number of aliphatic hydroxyl groups excluding tert-OH is 1. The maximum Gasteiger partial charge on any atom is 0.313 e. The van der Waals surface area contributed by atoms with Crippen LogP contribution in [0.5, 0.6) is 0 Å². The molecule has 0 aliphatic carbocycles. The van der Waals surface area contributed by atoms with Crippen LogP contribution >= 0.6 is 0 Å². The molecule has 110 valence electrons. The molecular weight excluding hydrogens is 258 g/mol. The van der Waals surface area contributed by atoms with Crippen LogP contribution in [-0.2, 0) is 9.59 Å². The highest BCUT2D eigenvalue weighted by Crippen LogP contribution is 2.12. The highest BCUT2D eigenvalue weighted by molar-refractivity contribution is 6.39. The lowest BCUT2D eigenvalue weighted by Crippen LogP contribution is -2.42. The Morgan fingerprint density at radius 2 is 1.90 bits per heavy atom. The Hall–Kier alpha value is -1.92. The van der Waals surface area contributed by atoms with Crippen molar-refractivity contribution in [3.8, 4) is 0 Å². The minimum absolute atomic E-state index is 0.0399. The normalized spacial score (nSPS) is 12.1.